The van der Waals surface area contributed by atoms with Crippen molar-refractivity contribution in [2.24, 2.45) is 17.8 Å². The van der Waals surface area contributed by atoms with Gasteiger partial charge < -0.3 is 0 Å². The molecule has 4 nitrogen and oxygen atoms in total. The molecule has 4 bridgehead atoms. The average molecular weight is 747 g/mol. The van der Waals surface area contributed by atoms with Gasteiger partial charge in [0.25, 0.3) is 0 Å². The standard InChI is InChI=1S/C54H42N4/c55-34-35-11-12-40-17-18-45(27-46(40)26-35)39-13-15-41(16-14-39)47-28-48(42-19-21-50(22-20-42)54-31-36-23-37(32-54)25-38(24-36)33-54)30-49(29-47)53-57-51(43-7-3-1-4-8-43)56-52(58-53)44-9-5-2-6-10-44/h1-22,26-30,36-38H,23-25,31-33H2/t36-,37-,38-,54?. The van der Waals surface area contributed by atoms with Crippen LogP contribution in [0.2, 0.25) is 0 Å². The summed E-state index contributed by atoms with van der Waals surface area (Å²) in [6.45, 7) is 0. The molecule has 58 heavy (non-hydrogen) atoms. The highest BCUT2D eigenvalue weighted by Gasteiger charge is 2.51. The lowest BCUT2D eigenvalue weighted by Crippen LogP contribution is -2.48. The molecule has 4 saturated carbocycles. The first-order valence-corrected chi connectivity index (χ1v) is 20.7. The molecular formula is C54H42N4. The molecule has 278 valence electrons. The lowest BCUT2D eigenvalue weighted by atomic mass is 9.48. The fourth-order valence-corrected chi connectivity index (χ4v) is 10.9. The molecule has 12 rings (SSSR count). The number of nitrogens with zero attached hydrogens (tertiary/aromatic N) is 4. The summed E-state index contributed by atoms with van der Waals surface area (Å²) in [6.07, 6.45) is 8.44. The van der Waals surface area contributed by atoms with Crippen molar-refractivity contribution in [3.8, 4) is 73.6 Å². The van der Waals surface area contributed by atoms with Crippen LogP contribution in [0.5, 0.6) is 0 Å². The number of rotatable bonds is 7. The van der Waals surface area contributed by atoms with E-state index in [0.717, 1.165) is 73.0 Å². The SMILES string of the molecule is N#Cc1ccc2ccc(-c3ccc(-c4cc(-c5ccc(C67C[C@H]8C[C@H](C6)C[C@@H](C7)C8)cc5)cc(-c5nc(-c6ccccc6)nc(-c6ccccc6)n5)c4)cc3)cc2c1. The van der Waals surface area contributed by atoms with Crippen LogP contribution in [0.25, 0.3) is 78.3 Å². The number of fused-ring (bicyclic) bond motifs is 1. The number of benzene rings is 7. The highest BCUT2D eigenvalue weighted by atomic mass is 15.0. The van der Waals surface area contributed by atoms with Gasteiger partial charge >= 0.3 is 0 Å². The van der Waals surface area contributed by atoms with Gasteiger partial charge in [-0.1, -0.05) is 127 Å². The molecule has 4 fully saturated rings. The molecular weight excluding hydrogens is 705 g/mol. The first-order chi connectivity index (χ1) is 28.5. The van der Waals surface area contributed by atoms with Crippen molar-refractivity contribution in [3.63, 3.8) is 0 Å². The molecule has 1 heterocycles. The van der Waals surface area contributed by atoms with Crippen LogP contribution in [-0.2, 0) is 5.41 Å². The van der Waals surface area contributed by atoms with E-state index in [1.807, 2.05) is 54.6 Å². The van der Waals surface area contributed by atoms with Gasteiger partial charge in [0.2, 0.25) is 0 Å². The van der Waals surface area contributed by atoms with E-state index in [0.29, 0.717) is 28.5 Å². The van der Waals surface area contributed by atoms with Crippen LogP contribution < -0.4 is 0 Å². The number of nitriles is 1. The Morgan fingerprint density at radius 2 is 0.845 bits per heavy atom. The normalized spacial score (nSPS) is 20.6. The Hall–Kier alpha value is -6.70. The van der Waals surface area contributed by atoms with Gasteiger partial charge in [0.05, 0.1) is 11.6 Å². The number of aromatic nitrogens is 3. The molecule has 0 amide bonds. The summed E-state index contributed by atoms with van der Waals surface area (Å²) in [7, 11) is 0. The minimum absolute atomic E-state index is 0.359. The Morgan fingerprint density at radius 1 is 0.397 bits per heavy atom. The summed E-state index contributed by atoms with van der Waals surface area (Å²) in [6, 6.07) is 60.1. The molecule has 4 aliphatic rings. The van der Waals surface area contributed by atoms with E-state index in [1.54, 1.807) is 0 Å². The summed E-state index contributed by atoms with van der Waals surface area (Å²) in [4.78, 5) is 15.3. The third kappa shape index (κ3) is 6.38. The van der Waals surface area contributed by atoms with Gasteiger partial charge in [-0.15, -0.1) is 0 Å². The third-order valence-electron chi connectivity index (χ3n) is 13.3. The fourth-order valence-electron chi connectivity index (χ4n) is 10.9. The van der Waals surface area contributed by atoms with Gasteiger partial charge in [-0.05, 0) is 148 Å². The van der Waals surface area contributed by atoms with E-state index >= 15 is 0 Å². The molecule has 4 aliphatic carbocycles. The summed E-state index contributed by atoms with van der Waals surface area (Å²) in [5.74, 6) is 4.69. The zero-order valence-electron chi connectivity index (χ0n) is 32.4. The summed E-state index contributed by atoms with van der Waals surface area (Å²) < 4.78 is 0. The quantitative estimate of drug-likeness (QED) is 0.163. The van der Waals surface area contributed by atoms with Gasteiger partial charge in [-0.3, -0.25) is 0 Å². The first kappa shape index (κ1) is 34.5. The van der Waals surface area contributed by atoms with Gasteiger partial charge in [-0.2, -0.15) is 5.26 Å². The van der Waals surface area contributed by atoms with E-state index in [1.165, 1.54) is 49.7 Å². The maximum Gasteiger partial charge on any atom is 0.164 e. The topological polar surface area (TPSA) is 62.5 Å². The van der Waals surface area contributed by atoms with Crippen molar-refractivity contribution in [2.45, 2.75) is 43.9 Å². The zero-order chi connectivity index (χ0) is 38.6. The Morgan fingerprint density at radius 3 is 1.38 bits per heavy atom. The molecule has 0 unspecified atom stereocenters. The van der Waals surface area contributed by atoms with Crippen LogP contribution in [0, 0.1) is 29.1 Å². The lowest BCUT2D eigenvalue weighted by Gasteiger charge is -2.57. The molecule has 0 spiro atoms. The first-order valence-electron chi connectivity index (χ1n) is 20.7. The van der Waals surface area contributed by atoms with Gasteiger partial charge in [0.15, 0.2) is 17.5 Å². The van der Waals surface area contributed by atoms with Crippen molar-refractivity contribution in [1.29, 1.82) is 5.26 Å². The maximum absolute atomic E-state index is 9.48. The predicted molar refractivity (Wildman–Crippen MR) is 235 cm³/mol. The largest absolute Gasteiger partial charge is 0.208 e. The minimum atomic E-state index is 0.359. The molecule has 7 aromatic carbocycles. The van der Waals surface area contributed by atoms with Crippen LogP contribution in [0.15, 0.2) is 164 Å². The number of hydrogen-bond acceptors (Lipinski definition) is 4. The van der Waals surface area contributed by atoms with E-state index < -0.39 is 0 Å². The molecule has 4 heteroatoms. The Labute approximate surface area is 340 Å². The van der Waals surface area contributed by atoms with Crippen LogP contribution in [0.4, 0.5) is 0 Å². The third-order valence-corrected chi connectivity index (χ3v) is 13.3. The van der Waals surface area contributed by atoms with E-state index in [-0.39, 0.29) is 0 Å². The van der Waals surface area contributed by atoms with Gasteiger partial charge in [-0.25, -0.2) is 15.0 Å². The highest BCUT2D eigenvalue weighted by molar-refractivity contribution is 5.89. The summed E-state index contributed by atoms with van der Waals surface area (Å²) in [5, 5.41) is 11.7. The highest BCUT2D eigenvalue weighted by Crippen LogP contribution is 2.60. The van der Waals surface area contributed by atoms with Crippen LogP contribution in [0.3, 0.4) is 0 Å². The smallest absolute Gasteiger partial charge is 0.164 e. The van der Waals surface area contributed by atoms with Crippen LogP contribution in [0.1, 0.15) is 49.7 Å². The van der Waals surface area contributed by atoms with E-state index in [2.05, 4.69) is 115 Å². The van der Waals surface area contributed by atoms with E-state index in [4.69, 9.17) is 15.0 Å². The van der Waals surface area contributed by atoms with Crippen LogP contribution >= 0.6 is 0 Å². The average Bonchev–Trinajstić information content (AvgIpc) is 3.28. The Balaban J connectivity index is 1.02. The van der Waals surface area contributed by atoms with Crippen molar-refractivity contribution < 1.29 is 0 Å². The van der Waals surface area contributed by atoms with E-state index in [9.17, 15) is 5.26 Å². The second kappa shape index (κ2) is 14.0. The van der Waals surface area contributed by atoms with Crippen LogP contribution in [-0.4, -0.2) is 15.0 Å². The van der Waals surface area contributed by atoms with Gasteiger partial charge in [0.1, 0.15) is 0 Å². The van der Waals surface area contributed by atoms with Crippen molar-refractivity contribution in [3.05, 3.63) is 175 Å². The molecule has 1 aromatic heterocycles. The molecule has 0 radical (unpaired) electrons. The Bertz CT molecular complexity index is 2760. The lowest BCUT2D eigenvalue weighted by molar-refractivity contribution is -0.00518. The van der Waals surface area contributed by atoms with Crippen molar-refractivity contribution in [1.82, 2.24) is 15.0 Å². The molecule has 8 aromatic rings. The maximum atomic E-state index is 9.48. The zero-order valence-corrected chi connectivity index (χ0v) is 32.4. The summed E-state index contributed by atoms with van der Waals surface area (Å²) >= 11 is 0. The second-order valence-electron chi connectivity index (χ2n) is 17.1. The minimum Gasteiger partial charge on any atom is -0.208 e. The Kier molecular flexibility index (Phi) is 8.36. The van der Waals surface area contributed by atoms with Crippen molar-refractivity contribution >= 4 is 10.8 Å². The predicted octanol–water partition coefficient (Wildman–Crippen LogP) is 13.4. The van der Waals surface area contributed by atoms with Crippen molar-refractivity contribution in [2.75, 3.05) is 0 Å². The monoisotopic (exact) mass is 746 g/mol. The molecule has 0 N–H and O–H groups in total. The molecule has 0 aliphatic heterocycles. The fraction of sp³-hybridized carbons (Fsp3) is 0.185. The molecule has 0 atom stereocenters. The second-order valence-corrected chi connectivity index (χ2v) is 17.1. The number of hydrogen-bond donors (Lipinski definition) is 0. The van der Waals surface area contributed by atoms with Gasteiger partial charge in [0, 0.05) is 16.7 Å². The molecule has 0 saturated heterocycles. The summed E-state index contributed by atoms with van der Waals surface area (Å²) in [5.41, 5.74) is 12.2.